The molecule has 1 aliphatic rings. The Kier molecular flexibility index (Phi) is 3.69. The number of hydrogen-bond acceptors (Lipinski definition) is 3. The number of carbonyl (C=O) groups is 1. The Morgan fingerprint density at radius 3 is 2.80 bits per heavy atom. The van der Waals surface area contributed by atoms with Crippen molar-refractivity contribution in [3.8, 4) is 0 Å². The van der Waals surface area contributed by atoms with Crippen molar-refractivity contribution in [2.45, 2.75) is 19.4 Å². The molecule has 0 saturated carbocycles. The number of anilines is 2. The predicted octanol–water partition coefficient (Wildman–Crippen LogP) is 3.55. The summed E-state index contributed by atoms with van der Waals surface area (Å²) in [7, 11) is 0. The average molecular weight is 352 g/mol. The maximum atomic E-state index is 12.8. The molecule has 2 heterocycles. The van der Waals surface area contributed by atoms with Crippen LogP contribution in [0, 0.1) is 5.92 Å². The van der Waals surface area contributed by atoms with E-state index in [1.165, 1.54) is 12.1 Å². The van der Waals surface area contributed by atoms with Crippen LogP contribution in [-0.2, 0) is 17.4 Å². The zero-order valence-electron chi connectivity index (χ0n) is 16.2. The molecule has 7 heteroatoms. The summed E-state index contributed by atoms with van der Waals surface area (Å²) in [6.07, 6.45) is -2.27. The SMILES string of the molecule is [2H]C([2H])([2H])C(=O)NCC1Cc2ncccc2N(c2ccc(C(F)(F)F)cc2)C1. The zero-order chi connectivity index (χ0) is 20.5. The van der Waals surface area contributed by atoms with E-state index in [1.807, 2.05) is 11.0 Å². The number of carbonyl (C=O) groups excluding carboxylic acids is 1. The summed E-state index contributed by atoms with van der Waals surface area (Å²) in [6, 6.07) is 8.40. The van der Waals surface area contributed by atoms with Crippen LogP contribution in [0.25, 0.3) is 0 Å². The standard InChI is InChI=1S/C18H18F3N3O/c1-12(25)23-10-13-9-16-17(3-2-8-22-16)24(11-13)15-6-4-14(5-7-15)18(19,20)21/h2-8,13H,9-11H2,1H3,(H,23,25)/i1D3. The first-order chi connectivity index (χ1) is 13.1. The highest BCUT2D eigenvalue weighted by atomic mass is 19.4. The summed E-state index contributed by atoms with van der Waals surface area (Å²) in [5.41, 5.74) is 1.35. The molecule has 25 heavy (non-hydrogen) atoms. The number of alkyl halides is 3. The average Bonchev–Trinajstić information content (AvgIpc) is 2.64. The highest BCUT2D eigenvalue weighted by Crippen LogP contribution is 2.36. The fraction of sp³-hybridized carbons (Fsp3) is 0.333. The summed E-state index contributed by atoms with van der Waals surface area (Å²) >= 11 is 0. The van der Waals surface area contributed by atoms with Crippen molar-refractivity contribution < 1.29 is 22.1 Å². The lowest BCUT2D eigenvalue weighted by molar-refractivity contribution is -0.137. The van der Waals surface area contributed by atoms with E-state index in [4.69, 9.17) is 4.11 Å². The summed E-state index contributed by atoms with van der Waals surface area (Å²) in [5, 5.41) is 2.42. The largest absolute Gasteiger partial charge is 0.416 e. The Balaban J connectivity index is 1.83. The second-order valence-electron chi connectivity index (χ2n) is 5.90. The number of nitrogens with one attached hydrogen (secondary N) is 1. The highest BCUT2D eigenvalue weighted by Gasteiger charge is 2.31. The van der Waals surface area contributed by atoms with Gasteiger partial charge in [-0.15, -0.1) is 0 Å². The van der Waals surface area contributed by atoms with E-state index < -0.39 is 24.5 Å². The van der Waals surface area contributed by atoms with Gasteiger partial charge in [-0.1, -0.05) is 0 Å². The van der Waals surface area contributed by atoms with Gasteiger partial charge in [0.2, 0.25) is 5.91 Å². The van der Waals surface area contributed by atoms with Crippen LogP contribution in [0.3, 0.4) is 0 Å². The van der Waals surface area contributed by atoms with Crippen LogP contribution in [-0.4, -0.2) is 24.0 Å². The van der Waals surface area contributed by atoms with Crippen molar-refractivity contribution >= 4 is 17.3 Å². The normalized spacial score (nSPS) is 19.4. The van der Waals surface area contributed by atoms with E-state index in [2.05, 4.69) is 10.3 Å². The van der Waals surface area contributed by atoms with E-state index >= 15 is 0 Å². The third-order valence-corrected chi connectivity index (χ3v) is 4.14. The third-order valence-electron chi connectivity index (χ3n) is 4.14. The van der Waals surface area contributed by atoms with Gasteiger partial charge in [0.05, 0.1) is 16.9 Å². The maximum Gasteiger partial charge on any atom is 0.416 e. The van der Waals surface area contributed by atoms with Gasteiger partial charge in [0.15, 0.2) is 0 Å². The molecule has 1 atom stereocenters. The number of fused-ring (bicyclic) bond motifs is 1. The Hall–Kier alpha value is -2.57. The molecule has 0 aliphatic carbocycles. The van der Waals surface area contributed by atoms with Crippen LogP contribution >= 0.6 is 0 Å². The van der Waals surface area contributed by atoms with Gasteiger partial charge in [-0.3, -0.25) is 9.78 Å². The van der Waals surface area contributed by atoms with Gasteiger partial charge in [0.25, 0.3) is 0 Å². The van der Waals surface area contributed by atoms with Crippen molar-refractivity contribution in [1.82, 2.24) is 10.3 Å². The van der Waals surface area contributed by atoms with Crippen LogP contribution in [0.5, 0.6) is 0 Å². The molecule has 132 valence electrons. The van der Waals surface area contributed by atoms with Gasteiger partial charge in [-0.2, -0.15) is 13.2 Å². The molecule has 4 nitrogen and oxygen atoms in total. The molecular weight excluding hydrogens is 331 g/mol. The molecule has 0 fully saturated rings. The lowest BCUT2D eigenvalue weighted by Gasteiger charge is -2.35. The van der Waals surface area contributed by atoms with E-state index in [0.29, 0.717) is 18.7 Å². The first kappa shape index (κ1) is 13.7. The maximum absolute atomic E-state index is 12.8. The summed E-state index contributed by atoms with van der Waals surface area (Å²) in [4.78, 5) is 17.8. The molecule has 1 amide bonds. The first-order valence-corrected chi connectivity index (χ1v) is 7.72. The Bertz CT molecular complexity index is 854. The molecule has 1 aliphatic heterocycles. The van der Waals surface area contributed by atoms with Gasteiger partial charge in [0, 0.05) is 35.9 Å². The number of pyridine rings is 1. The minimum atomic E-state index is -4.41. The molecule has 1 aromatic heterocycles. The number of amides is 1. The van der Waals surface area contributed by atoms with Crippen LogP contribution in [0.2, 0.25) is 0 Å². The number of benzene rings is 1. The Morgan fingerprint density at radius 2 is 2.12 bits per heavy atom. The minimum absolute atomic E-state index is 0.129. The molecule has 0 radical (unpaired) electrons. The number of halogens is 3. The smallest absolute Gasteiger partial charge is 0.356 e. The molecule has 1 unspecified atom stereocenters. The highest BCUT2D eigenvalue weighted by molar-refractivity contribution is 5.73. The summed E-state index contributed by atoms with van der Waals surface area (Å²) in [5.74, 6) is -1.17. The van der Waals surface area contributed by atoms with Gasteiger partial charge in [-0.25, -0.2) is 0 Å². The zero-order valence-corrected chi connectivity index (χ0v) is 13.2. The third kappa shape index (κ3) is 3.92. The predicted molar refractivity (Wildman–Crippen MR) is 88.6 cm³/mol. The second kappa shape index (κ2) is 6.74. The number of hydrogen-bond donors (Lipinski definition) is 1. The number of rotatable bonds is 3. The van der Waals surface area contributed by atoms with Crippen molar-refractivity contribution in [2.24, 2.45) is 5.92 Å². The lowest BCUT2D eigenvalue weighted by Crippen LogP contribution is -2.39. The molecular formula is C18H18F3N3O. The van der Waals surface area contributed by atoms with E-state index in [0.717, 1.165) is 23.5 Å². The van der Waals surface area contributed by atoms with Gasteiger partial charge >= 0.3 is 6.18 Å². The molecule has 2 aromatic rings. The monoisotopic (exact) mass is 352 g/mol. The Labute approximate surface area is 147 Å². The van der Waals surface area contributed by atoms with Gasteiger partial charge in [-0.05, 0) is 48.7 Å². The van der Waals surface area contributed by atoms with Crippen LogP contribution in [0.15, 0.2) is 42.6 Å². The Morgan fingerprint density at radius 1 is 1.36 bits per heavy atom. The number of aromatic nitrogens is 1. The lowest BCUT2D eigenvalue weighted by atomic mass is 9.95. The summed E-state index contributed by atoms with van der Waals surface area (Å²) in [6.45, 7) is -2.19. The molecule has 1 aromatic carbocycles. The van der Waals surface area contributed by atoms with Crippen LogP contribution in [0.1, 0.15) is 22.2 Å². The van der Waals surface area contributed by atoms with Crippen LogP contribution < -0.4 is 10.2 Å². The van der Waals surface area contributed by atoms with Gasteiger partial charge < -0.3 is 10.2 Å². The van der Waals surface area contributed by atoms with Crippen molar-refractivity contribution in [1.29, 1.82) is 0 Å². The number of nitrogens with zero attached hydrogens (tertiary/aromatic N) is 2. The van der Waals surface area contributed by atoms with Crippen LogP contribution in [0.4, 0.5) is 24.5 Å². The molecule has 0 spiro atoms. The van der Waals surface area contributed by atoms with E-state index in [-0.39, 0.29) is 12.5 Å². The van der Waals surface area contributed by atoms with Gasteiger partial charge in [0.1, 0.15) is 0 Å². The molecule has 3 rings (SSSR count). The quantitative estimate of drug-likeness (QED) is 0.919. The second-order valence-corrected chi connectivity index (χ2v) is 5.90. The van der Waals surface area contributed by atoms with E-state index in [1.54, 1.807) is 12.3 Å². The molecule has 1 N–H and O–H groups in total. The van der Waals surface area contributed by atoms with Crippen molar-refractivity contribution in [3.05, 3.63) is 53.9 Å². The van der Waals surface area contributed by atoms with Crippen molar-refractivity contribution in [3.63, 3.8) is 0 Å². The molecule has 0 saturated heterocycles. The van der Waals surface area contributed by atoms with Crippen molar-refractivity contribution in [2.75, 3.05) is 18.0 Å². The first-order valence-electron chi connectivity index (χ1n) is 9.22. The fourth-order valence-electron chi connectivity index (χ4n) is 2.98. The van der Waals surface area contributed by atoms with E-state index in [9.17, 15) is 18.0 Å². The minimum Gasteiger partial charge on any atom is -0.356 e. The topological polar surface area (TPSA) is 45.2 Å². The molecule has 0 bridgehead atoms. The summed E-state index contributed by atoms with van der Waals surface area (Å²) < 4.78 is 59.8. The fourth-order valence-corrected chi connectivity index (χ4v) is 2.98.